The average molecular weight is 314 g/mol. The van der Waals surface area contributed by atoms with Gasteiger partial charge in [0.1, 0.15) is 5.78 Å². The number of allylic oxidation sites excluding steroid dienone is 5. The fourth-order valence-electron chi connectivity index (χ4n) is 3.39. The van der Waals surface area contributed by atoms with Crippen molar-refractivity contribution in [1.82, 2.24) is 4.98 Å². The lowest BCUT2D eigenvalue weighted by atomic mass is 9.88. The van der Waals surface area contributed by atoms with Gasteiger partial charge in [-0.2, -0.15) is 0 Å². The van der Waals surface area contributed by atoms with E-state index < -0.39 is 0 Å². The van der Waals surface area contributed by atoms with E-state index in [0.29, 0.717) is 18.8 Å². The van der Waals surface area contributed by atoms with Crippen molar-refractivity contribution in [1.29, 1.82) is 0 Å². The SMILES string of the molecule is O=C(CC1=C2N=CC=CC2CC=C1)Cc1cccc2cccnc12. The maximum atomic E-state index is 12.6. The number of pyridine rings is 1. The third kappa shape index (κ3) is 2.85. The van der Waals surface area contributed by atoms with Gasteiger partial charge in [-0.3, -0.25) is 14.8 Å². The number of carbonyl (C=O) groups is 1. The minimum absolute atomic E-state index is 0.200. The van der Waals surface area contributed by atoms with Gasteiger partial charge < -0.3 is 0 Å². The van der Waals surface area contributed by atoms with Crippen LogP contribution in [0.4, 0.5) is 0 Å². The summed E-state index contributed by atoms with van der Waals surface area (Å²) < 4.78 is 0. The summed E-state index contributed by atoms with van der Waals surface area (Å²) in [4.78, 5) is 21.6. The lowest BCUT2D eigenvalue weighted by Gasteiger charge is -2.21. The number of nitrogens with zero attached hydrogens (tertiary/aromatic N) is 2. The summed E-state index contributed by atoms with van der Waals surface area (Å²) >= 11 is 0. The first-order valence-electron chi connectivity index (χ1n) is 8.26. The van der Waals surface area contributed by atoms with Crippen LogP contribution in [-0.2, 0) is 11.2 Å². The Labute approximate surface area is 141 Å². The molecular weight excluding hydrogens is 296 g/mol. The molecule has 0 bridgehead atoms. The Balaban J connectivity index is 1.57. The van der Waals surface area contributed by atoms with E-state index in [1.165, 1.54) is 0 Å². The van der Waals surface area contributed by atoms with Gasteiger partial charge in [0.15, 0.2) is 0 Å². The first-order valence-corrected chi connectivity index (χ1v) is 8.26. The van der Waals surface area contributed by atoms with Crippen LogP contribution in [0.2, 0.25) is 0 Å². The number of aliphatic imine (C=N–C) groups is 1. The molecule has 1 unspecified atom stereocenters. The molecule has 0 radical (unpaired) electrons. The molecule has 0 amide bonds. The predicted octanol–water partition coefficient (Wildman–Crippen LogP) is 4.21. The van der Waals surface area contributed by atoms with Crippen molar-refractivity contribution >= 4 is 22.9 Å². The van der Waals surface area contributed by atoms with Gasteiger partial charge in [-0.25, -0.2) is 0 Å². The summed E-state index contributed by atoms with van der Waals surface area (Å²) in [5.41, 5.74) is 4.00. The highest BCUT2D eigenvalue weighted by Gasteiger charge is 2.20. The Morgan fingerprint density at radius 1 is 1.17 bits per heavy atom. The summed E-state index contributed by atoms with van der Waals surface area (Å²) in [5.74, 6) is 0.521. The van der Waals surface area contributed by atoms with Gasteiger partial charge in [-0.15, -0.1) is 0 Å². The number of ketones is 1. The zero-order chi connectivity index (χ0) is 16.4. The molecule has 3 heteroatoms. The quantitative estimate of drug-likeness (QED) is 0.848. The first kappa shape index (κ1) is 14.8. The molecule has 4 rings (SSSR count). The molecule has 1 atom stereocenters. The minimum atomic E-state index is 0.200. The number of dihydropyridines is 1. The normalized spacial score (nSPS) is 18.9. The Morgan fingerprint density at radius 3 is 3.04 bits per heavy atom. The molecule has 0 fully saturated rings. The van der Waals surface area contributed by atoms with Crippen molar-refractivity contribution in [2.45, 2.75) is 19.3 Å². The molecule has 1 aromatic carbocycles. The van der Waals surface area contributed by atoms with Crippen LogP contribution in [0.15, 0.2) is 77.1 Å². The van der Waals surface area contributed by atoms with Crippen LogP contribution in [0.5, 0.6) is 0 Å². The molecule has 0 spiro atoms. The highest BCUT2D eigenvalue weighted by atomic mass is 16.1. The Morgan fingerprint density at radius 2 is 2.08 bits per heavy atom. The molecule has 2 heterocycles. The van der Waals surface area contributed by atoms with E-state index in [4.69, 9.17) is 0 Å². The predicted molar refractivity (Wildman–Crippen MR) is 97.0 cm³/mol. The lowest BCUT2D eigenvalue weighted by Crippen LogP contribution is -2.12. The molecule has 3 nitrogen and oxygen atoms in total. The molecule has 118 valence electrons. The van der Waals surface area contributed by atoms with Crippen LogP contribution in [0, 0.1) is 5.92 Å². The molecule has 0 N–H and O–H groups in total. The first-order chi connectivity index (χ1) is 11.8. The molecule has 1 aliphatic carbocycles. The highest BCUT2D eigenvalue weighted by Crippen LogP contribution is 2.31. The van der Waals surface area contributed by atoms with Crippen molar-refractivity contribution in [3.8, 4) is 0 Å². The second-order valence-corrected chi connectivity index (χ2v) is 6.20. The highest BCUT2D eigenvalue weighted by molar-refractivity contribution is 5.90. The molecule has 1 aliphatic heterocycles. The van der Waals surface area contributed by atoms with E-state index >= 15 is 0 Å². The van der Waals surface area contributed by atoms with Crippen molar-refractivity contribution in [3.63, 3.8) is 0 Å². The van der Waals surface area contributed by atoms with Crippen molar-refractivity contribution in [2.24, 2.45) is 10.9 Å². The van der Waals surface area contributed by atoms with Crippen molar-refractivity contribution in [3.05, 3.63) is 77.7 Å². The fraction of sp³-hybridized carbons (Fsp3) is 0.190. The summed E-state index contributed by atoms with van der Waals surface area (Å²) in [6, 6.07) is 9.95. The van der Waals surface area contributed by atoms with E-state index in [2.05, 4.69) is 28.2 Å². The molecule has 0 saturated carbocycles. The van der Waals surface area contributed by atoms with Crippen LogP contribution in [0.1, 0.15) is 18.4 Å². The lowest BCUT2D eigenvalue weighted by molar-refractivity contribution is -0.117. The number of rotatable bonds is 4. The Kier molecular flexibility index (Phi) is 3.91. The maximum Gasteiger partial charge on any atom is 0.141 e. The monoisotopic (exact) mass is 314 g/mol. The zero-order valence-electron chi connectivity index (χ0n) is 13.4. The Bertz CT molecular complexity index is 913. The summed E-state index contributed by atoms with van der Waals surface area (Å²) in [6.45, 7) is 0. The summed E-state index contributed by atoms with van der Waals surface area (Å²) in [6.07, 6.45) is 13.7. The Hall–Kier alpha value is -2.81. The number of aromatic nitrogens is 1. The number of hydrogen-bond donors (Lipinski definition) is 0. The zero-order valence-corrected chi connectivity index (χ0v) is 13.4. The number of carbonyl (C=O) groups excluding carboxylic acids is 1. The van der Waals surface area contributed by atoms with E-state index in [9.17, 15) is 4.79 Å². The van der Waals surface area contributed by atoms with E-state index in [1.54, 1.807) is 6.20 Å². The molecular formula is C21H18N2O. The van der Waals surface area contributed by atoms with Gasteiger partial charge in [0, 0.05) is 36.6 Å². The number of para-hydroxylation sites is 1. The third-order valence-electron chi connectivity index (χ3n) is 4.52. The number of benzene rings is 1. The fourth-order valence-corrected chi connectivity index (χ4v) is 3.39. The van der Waals surface area contributed by atoms with Crippen LogP contribution >= 0.6 is 0 Å². The summed E-state index contributed by atoms with van der Waals surface area (Å²) in [5, 5.41) is 1.07. The molecule has 0 saturated heterocycles. The molecule has 1 aromatic heterocycles. The van der Waals surface area contributed by atoms with Crippen molar-refractivity contribution < 1.29 is 4.79 Å². The van der Waals surface area contributed by atoms with Crippen LogP contribution < -0.4 is 0 Å². The van der Waals surface area contributed by atoms with E-state index in [-0.39, 0.29) is 5.78 Å². The smallest absolute Gasteiger partial charge is 0.141 e. The van der Waals surface area contributed by atoms with Gasteiger partial charge >= 0.3 is 0 Å². The van der Waals surface area contributed by atoms with Gasteiger partial charge in [-0.1, -0.05) is 42.5 Å². The van der Waals surface area contributed by atoms with Gasteiger partial charge in [0.05, 0.1) is 11.2 Å². The largest absolute Gasteiger partial charge is 0.299 e. The standard InChI is InChI=1S/C21H18N2O/c24-19(13-17-7-1-5-15-9-3-11-22-20(15)17)14-18-8-2-6-16-10-4-12-23-21(16)18/h1-5,7-12,16H,6,13-14H2. The van der Waals surface area contributed by atoms with Crippen LogP contribution in [-0.4, -0.2) is 17.0 Å². The topological polar surface area (TPSA) is 42.3 Å². The second kappa shape index (κ2) is 6.36. The van der Waals surface area contributed by atoms with Crippen molar-refractivity contribution in [2.75, 3.05) is 0 Å². The molecule has 2 aromatic rings. The summed E-state index contributed by atoms with van der Waals surface area (Å²) in [7, 11) is 0. The third-order valence-corrected chi connectivity index (χ3v) is 4.52. The molecule has 2 aliphatic rings. The minimum Gasteiger partial charge on any atom is -0.299 e. The van der Waals surface area contributed by atoms with Crippen LogP contribution in [0.3, 0.4) is 0 Å². The molecule has 24 heavy (non-hydrogen) atoms. The number of hydrogen-bond acceptors (Lipinski definition) is 3. The second-order valence-electron chi connectivity index (χ2n) is 6.20. The van der Waals surface area contributed by atoms with E-state index in [0.717, 1.165) is 34.2 Å². The number of Topliss-reactive ketones (excluding diaryl/α,β-unsaturated/α-hetero) is 1. The van der Waals surface area contributed by atoms with Gasteiger partial charge in [0.2, 0.25) is 0 Å². The van der Waals surface area contributed by atoms with Crippen LogP contribution in [0.25, 0.3) is 10.9 Å². The number of fused-ring (bicyclic) bond motifs is 2. The van der Waals surface area contributed by atoms with Gasteiger partial charge in [-0.05, 0) is 29.7 Å². The maximum absolute atomic E-state index is 12.6. The van der Waals surface area contributed by atoms with E-state index in [1.807, 2.05) is 42.6 Å². The van der Waals surface area contributed by atoms with Gasteiger partial charge in [0.25, 0.3) is 0 Å². The average Bonchev–Trinajstić information content (AvgIpc) is 2.62.